The first-order valence-electron chi connectivity index (χ1n) is 5.56. The maximum absolute atomic E-state index is 5.94. The number of nitrogens with two attached hydrogens (primary N) is 1. The van der Waals surface area contributed by atoms with Gasteiger partial charge in [-0.05, 0) is 0 Å². The standard InChI is InChI=1S/C5H12N.C4H9O.CH3.BrH.Sn/c1-3-4-5(2)6;1-2-3-4-5;;;/h5H,1,3-4,6H2,2H3;2-4H2,1H3;1H3;1H;/q;-1;;;+2/p-1. The van der Waals surface area contributed by atoms with E-state index in [1.807, 2.05) is 0 Å². The summed E-state index contributed by atoms with van der Waals surface area (Å²) in [6, 6.07) is 0.334. The fourth-order valence-electron chi connectivity index (χ4n) is 1.24. The van der Waals surface area contributed by atoms with Crippen molar-refractivity contribution in [2.45, 2.75) is 54.9 Å². The fraction of sp³-hybridized carbons (Fsp3) is 1.00. The number of rotatable bonds is 8. The number of halogens is 1. The Labute approximate surface area is 99.1 Å². The van der Waals surface area contributed by atoms with Gasteiger partial charge in [0.25, 0.3) is 0 Å². The first-order valence-corrected chi connectivity index (χ1v) is 18.0. The van der Waals surface area contributed by atoms with Crippen LogP contribution in [-0.2, 0) is 3.07 Å². The van der Waals surface area contributed by atoms with Gasteiger partial charge in [0.05, 0.1) is 0 Å². The molecule has 0 aliphatic heterocycles. The third-order valence-electron chi connectivity index (χ3n) is 2.18. The quantitative estimate of drug-likeness (QED) is 0.523. The van der Waals surface area contributed by atoms with Gasteiger partial charge < -0.3 is 0 Å². The third kappa shape index (κ3) is 9.74. The molecule has 0 spiro atoms. The zero-order chi connectivity index (χ0) is 11.0. The van der Waals surface area contributed by atoms with Gasteiger partial charge in [-0.25, -0.2) is 0 Å². The molecule has 2 N–H and O–H groups in total. The summed E-state index contributed by atoms with van der Waals surface area (Å²) in [7, 11) is 0. The van der Waals surface area contributed by atoms with Gasteiger partial charge in [-0.2, -0.15) is 0 Å². The third-order valence-corrected chi connectivity index (χ3v) is 12.2. The summed E-state index contributed by atoms with van der Waals surface area (Å²) in [6.07, 6.45) is 4.73. The van der Waals surface area contributed by atoms with Gasteiger partial charge in [-0.3, -0.25) is 0 Å². The summed E-state index contributed by atoms with van der Waals surface area (Å²) in [5, 5.41) is 0. The molecule has 86 valence electrons. The van der Waals surface area contributed by atoms with Crippen molar-refractivity contribution in [2.24, 2.45) is 5.73 Å². The number of hydrogen-bond acceptors (Lipinski definition) is 2. The molecule has 2 unspecified atom stereocenters. The molecule has 2 atom stereocenters. The predicted octanol–water partition coefficient (Wildman–Crippen LogP) is 3.40. The molecule has 0 radical (unpaired) electrons. The van der Waals surface area contributed by atoms with E-state index >= 15 is 0 Å². The fourth-order valence-corrected chi connectivity index (χ4v) is 8.63. The van der Waals surface area contributed by atoms with Gasteiger partial charge >= 0.3 is 99.6 Å². The van der Waals surface area contributed by atoms with Crippen LogP contribution in [0.3, 0.4) is 0 Å². The Morgan fingerprint density at radius 1 is 1.43 bits per heavy atom. The summed E-state index contributed by atoms with van der Waals surface area (Å²) < 4.78 is 7.17. The maximum atomic E-state index is 5.94. The molecule has 0 amide bonds. The molecule has 0 bridgehead atoms. The molecule has 0 saturated heterocycles. The molecule has 14 heavy (non-hydrogen) atoms. The number of hydrogen-bond donors (Lipinski definition) is 1. The molecule has 2 nitrogen and oxygen atoms in total. The van der Waals surface area contributed by atoms with Crippen molar-refractivity contribution in [1.82, 2.24) is 0 Å². The SMILES string of the molecule is CCCC[O][Sn]([CH3])([Br])[CH2]CCC(C)N. The Kier molecular flexibility index (Phi) is 9.08. The van der Waals surface area contributed by atoms with E-state index in [2.05, 4.69) is 31.5 Å². The van der Waals surface area contributed by atoms with Crippen LogP contribution in [0.1, 0.15) is 39.5 Å². The molecule has 0 saturated carbocycles. The average molecular weight is 373 g/mol. The Bertz CT molecular complexity index is 142. The summed E-state index contributed by atoms with van der Waals surface area (Å²) in [5.41, 5.74) is 5.71. The van der Waals surface area contributed by atoms with Crippen molar-refractivity contribution in [3.63, 3.8) is 0 Å². The molecular formula is C10H24BrNOSn. The van der Waals surface area contributed by atoms with Gasteiger partial charge in [0, 0.05) is 0 Å². The summed E-state index contributed by atoms with van der Waals surface area (Å²) in [6.45, 7) is 5.20. The molecule has 0 aliphatic carbocycles. The Morgan fingerprint density at radius 2 is 2.07 bits per heavy atom. The van der Waals surface area contributed by atoms with Gasteiger partial charge in [0.15, 0.2) is 0 Å². The molecule has 0 aromatic carbocycles. The van der Waals surface area contributed by atoms with Gasteiger partial charge in [0.1, 0.15) is 0 Å². The van der Waals surface area contributed by atoms with Crippen LogP contribution in [0.15, 0.2) is 0 Å². The van der Waals surface area contributed by atoms with Crippen molar-refractivity contribution in [3.05, 3.63) is 0 Å². The van der Waals surface area contributed by atoms with Crippen LogP contribution in [0, 0.1) is 0 Å². The summed E-state index contributed by atoms with van der Waals surface area (Å²) in [5.74, 6) is 0. The Hall–Kier alpha value is 1.20. The molecule has 0 aromatic rings. The Morgan fingerprint density at radius 3 is 2.57 bits per heavy atom. The molecular weight excluding hydrogens is 349 g/mol. The van der Waals surface area contributed by atoms with Crippen LogP contribution in [0.5, 0.6) is 0 Å². The van der Waals surface area contributed by atoms with Crippen molar-refractivity contribution in [2.75, 3.05) is 6.61 Å². The zero-order valence-corrected chi connectivity index (χ0v) is 14.1. The van der Waals surface area contributed by atoms with E-state index in [9.17, 15) is 0 Å². The number of unbranched alkanes of at least 4 members (excludes halogenated alkanes) is 1. The molecule has 0 aliphatic rings. The average Bonchev–Trinajstić information content (AvgIpc) is 2.03. The van der Waals surface area contributed by atoms with Crippen LogP contribution >= 0.6 is 12.7 Å². The summed E-state index contributed by atoms with van der Waals surface area (Å²) >= 11 is 1.54. The molecule has 0 fully saturated rings. The molecule has 4 heteroatoms. The van der Waals surface area contributed by atoms with Crippen LogP contribution in [0.25, 0.3) is 0 Å². The monoisotopic (exact) mass is 373 g/mol. The van der Waals surface area contributed by atoms with E-state index in [4.69, 9.17) is 8.81 Å². The van der Waals surface area contributed by atoms with Crippen LogP contribution < -0.4 is 5.73 Å². The van der Waals surface area contributed by atoms with Crippen molar-refractivity contribution in [3.8, 4) is 0 Å². The second-order valence-electron chi connectivity index (χ2n) is 4.17. The molecule has 0 aromatic heterocycles. The normalized spacial score (nSPS) is 17.8. The minimum atomic E-state index is -2.26. The first-order chi connectivity index (χ1) is 6.48. The van der Waals surface area contributed by atoms with Crippen molar-refractivity contribution >= 4 is 29.3 Å². The zero-order valence-electron chi connectivity index (χ0n) is 9.68. The van der Waals surface area contributed by atoms with Gasteiger partial charge in [0.2, 0.25) is 0 Å². The van der Waals surface area contributed by atoms with E-state index < -0.39 is 16.6 Å². The minimum absolute atomic E-state index is 0.334. The van der Waals surface area contributed by atoms with E-state index in [-0.39, 0.29) is 0 Å². The first kappa shape index (κ1) is 15.2. The topological polar surface area (TPSA) is 35.2 Å². The van der Waals surface area contributed by atoms with Crippen molar-refractivity contribution < 1.29 is 3.07 Å². The van der Waals surface area contributed by atoms with E-state index in [1.165, 1.54) is 23.7 Å². The van der Waals surface area contributed by atoms with Crippen LogP contribution in [-0.4, -0.2) is 29.2 Å². The second-order valence-corrected chi connectivity index (χ2v) is 24.0. The van der Waals surface area contributed by atoms with E-state index in [0.717, 1.165) is 13.0 Å². The Balaban J connectivity index is 3.50. The van der Waals surface area contributed by atoms with Crippen LogP contribution in [0.4, 0.5) is 0 Å². The van der Waals surface area contributed by atoms with E-state index in [0.29, 0.717) is 6.04 Å². The van der Waals surface area contributed by atoms with Gasteiger partial charge in [-0.1, -0.05) is 0 Å². The predicted molar refractivity (Wildman–Crippen MR) is 69.1 cm³/mol. The van der Waals surface area contributed by atoms with Crippen LogP contribution in [0.2, 0.25) is 9.38 Å². The van der Waals surface area contributed by atoms with Crippen molar-refractivity contribution in [1.29, 1.82) is 0 Å². The second kappa shape index (κ2) is 8.36. The summed E-state index contributed by atoms with van der Waals surface area (Å²) in [4.78, 5) is 2.30. The van der Waals surface area contributed by atoms with Gasteiger partial charge in [-0.15, -0.1) is 0 Å². The molecule has 0 heterocycles. The molecule has 0 rings (SSSR count). The van der Waals surface area contributed by atoms with E-state index in [1.54, 1.807) is 0 Å².